The number of nitrogens with zero attached hydrogens (tertiary/aromatic N) is 3. The van der Waals surface area contributed by atoms with Crippen LogP contribution in [0.25, 0.3) is 0 Å². The summed E-state index contributed by atoms with van der Waals surface area (Å²) < 4.78 is 0. The van der Waals surface area contributed by atoms with Crippen LogP contribution in [-0.2, 0) is 13.1 Å². The molecule has 0 aliphatic carbocycles. The lowest BCUT2D eigenvalue weighted by atomic mass is 10.1. The first kappa shape index (κ1) is 21.3. The zero-order chi connectivity index (χ0) is 21.6. The third-order valence-corrected chi connectivity index (χ3v) is 6.21. The largest absolute Gasteiger partial charge is 0.366 e. The van der Waals surface area contributed by atoms with Gasteiger partial charge in [-0.25, -0.2) is 0 Å². The van der Waals surface area contributed by atoms with Gasteiger partial charge >= 0.3 is 0 Å². The molecule has 2 aromatic rings. The van der Waals surface area contributed by atoms with Gasteiger partial charge in [0, 0.05) is 37.8 Å². The van der Waals surface area contributed by atoms with E-state index in [1.165, 1.54) is 44.0 Å². The van der Waals surface area contributed by atoms with Crippen molar-refractivity contribution in [3.05, 3.63) is 69.3 Å². The van der Waals surface area contributed by atoms with Gasteiger partial charge in [0.15, 0.2) is 0 Å². The SMILES string of the molecule is O=C(NCc1ccc(CN2CCCCC2)cc1)c1ccc(N2CCCC2)c([N+](=O)[O-])c1. The van der Waals surface area contributed by atoms with Gasteiger partial charge in [0.25, 0.3) is 11.6 Å². The van der Waals surface area contributed by atoms with Gasteiger partial charge in [-0.05, 0) is 62.0 Å². The topological polar surface area (TPSA) is 78.7 Å². The molecular formula is C24H30N4O3. The van der Waals surface area contributed by atoms with Gasteiger partial charge in [0.2, 0.25) is 0 Å². The normalized spacial score (nSPS) is 17.0. The Labute approximate surface area is 183 Å². The summed E-state index contributed by atoms with van der Waals surface area (Å²) in [7, 11) is 0. The number of carbonyl (C=O) groups excluding carboxylic acids is 1. The quantitative estimate of drug-likeness (QED) is 0.537. The predicted octanol–water partition coefficient (Wildman–Crippen LogP) is 4.11. The maximum absolute atomic E-state index is 12.6. The lowest BCUT2D eigenvalue weighted by Crippen LogP contribution is -2.29. The number of likely N-dealkylation sites (tertiary alicyclic amines) is 1. The highest BCUT2D eigenvalue weighted by molar-refractivity contribution is 5.95. The van der Waals surface area contributed by atoms with E-state index in [-0.39, 0.29) is 11.6 Å². The number of hydrogen-bond donors (Lipinski definition) is 1. The Kier molecular flexibility index (Phi) is 6.82. The highest BCUT2D eigenvalue weighted by Gasteiger charge is 2.23. The number of nitro groups is 1. The Hall–Kier alpha value is -2.93. The fourth-order valence-corrected chi connectivity index (χ4v) is 4.46. The molecule has 0 atom stereocenters. The number of benzene rings is 2. The number of piperidine rings is 1. The Bertz CT molecular complexity index is 917. The summed E-state index contributed by atoms with van der Waals surface area (Å²) in [6, 6.07) is 13.1. The highest BCUT2D eigenvalue weighted by Crippen LogP contribution is 2.31. The summed E-state index contributed by atoms with van der Waals surface area (Å²) in [5.74, 6) is -0.298. The van der Waals surface area contributed by atoms with Crippen molar-refractivity contribution < 1.29 is 9.72 Å². The third kappa shape index (κ3) is 5.41. The summed E-state index contributed by atoms with van der Waals surface area (Å²) >= 11 is 0. The van der Waals surface area contributed by atoms with Crippen LogP contribution in [-0.4, -0.2) is 41.9 Å². The number of amides is 1. The second-order valence-corrected chi connectivity index (χ2v) is 8.49. The van der Waals surface area contributed by atoms with Crippen LogP contribution in [0, 0.1) is 10.1 Å². The molecule has 0 bridgehead atoms. The molecule has 7 nitrogen and oxygen atoms in total. The van der Waals surface area contributed by atoms with Crippen molar-refractivity contribution in [1.29, 1.82) is 0 Å². The van der Waals surface area contributed by atoms with Gasteiger partial charge in [0.05, 0.1) is 4.92 Å². The van der Waals surface area contributed by atoms with Gasteiger partial charge in [-0.3, -0.25) is 19.8 Å². The molecule has 0 unspecified atom stereocenters. The van der Waals surface area contributed by atoms with Crippen LogP contribution in [0.1, 0.15) is 53.6 Å². The van der Waals surface area contributed by atoms with Gasteiger partial charge in [0.1, 0.15) is 5.69 Å². The highest BCUT2D eigenvalue weighted by atomic mass is 16.6. The van der Waals surface area contributed by atoms with Crippen LogP contribution in [0.5, 0.6) is 0 Å². The average Bonchev–Trinajstić information content (AvgIpc) is 3.33. The van der Waals surface area contributed by atoms with Crippen LogP contribution < -0.4 is 10.2 Å². The molecule has 31 heavy (non-hydrogen) atoms. The fourth-order valence-electron chi connectivity index (χ4n) is 4.46. The van der Waals surface area contributed by atoms with Crippen molar-refractivity contribution in [2.45, 2.75) is 45.2 Å². The number of nitro benzene ring substituents is 1. The Balaban J connectivity index is 1.35. The van der Waals surface area contributed by atoms with Gasteiger partial charge in [-0.2, -0.15) is 0 Å². The molecule has 7 heteroatoms. The third-order valence-electron chi connectivity index (χ3n) is 6.21. The second kappa shape index (κ2) is 9.92. The molecule has 2 aromatic carbocycles. The van der Waals surface area contributed by atoms with E-state index in [1.807, 2.05) is 17.0 Å². The zero-order valence-corrected chi connectivity index (χ0v) is 17.9. The van der Waals surface area contributed by atoms with E-state index in [4.69, 9.17) is 0 Å². The van der Waals surface area contributed by atoms with Crippen molar-refractivity contribution >= 4 is 17.3 Å². The molecule has 164 valence electrons. The van der Waals surface area contributed by atoms with Gasteiger partial charge in [-0.1, -0.05) is 30.7 Å². The molecule has 2 fully saturated rings. The summed E-state index contributed by atoms with van der Waals surface area (Å²) in [6.07, 6.45) is 5.97. The van der Waals surface area contributed by atoms with E-state index < -0.39 is 4.92 Å². The van der Waals surface area contributed by atoms with Crippen molar-refractivity contribution in [1.82, 2.24) is 10.2 Å². The monoisotopic (exact) mass is 422 g/mol. The first-order valence-electron chi connectivity index (χ1n) is 11.2. The summed E-state index contributed by atoms with van der Waals surface area (Å²) in [5, 5.41) is 14.4. The molecule has 0 saturated carbocycles. The summed E-state index contributed by atoms with van der Waals surface area (Å²) in [5.41, 5.74) is 3.21. The number of carbonyl (C=O) groups is 1. The summed E-state index contributed by atoms with van der Waals surface area (Å²) in [4.78, 5) is 28.3. The van der Waals surface area contributed by atoms with Crippen molar-refractivity contribution in [2.75, 3.05) is 31.1 Å². The molecule has 2 saturated heterocycles. The van der Waals surface area contributed by atoms with E-state index in [0.717, 1.165) is 38.0 Å². The molecule has 0 radical (unpaired) electrons. The zero-order valence-electron chi connectivity index (χ0n) is 17.9. The first-order valence-corrected chi connectivity index (χ1v) is 11.2. The summed E-state index contributed by atoms with van der Waals surface area (Å²) in [6.45, 7) is 5.34. The van der Waals surface area contributed by atoms with E-state index >= 15 is 0 Å². The van der Waals surface area contributed by atoms with E-state index in [9.17, 15) is 14.9 Å². The smallest absolute Gasteiger partial charge is 0.293 e. The van der Waals surface area contributed by atoms with E-state index in [0.29, 0.717) is 17.8 Å². The first-order chi connectivity index (χ1) is 15.1. The minimum atomic E-state index is -0.397. The number of rotatable bonds is 7. The van der Waals surface area contributed by atoms with E-state index in [2.05, 4.69) is 22.3 Å². The predicted molar refractivity (Wildman–Crippen MR) is 121 cm³/mol. The molecule has 0 spiro atoms. The number of anilines is 1. The Morgan fingerprint density at radius 2 is 1.55 bits per heavy atom. The fraction of sp³-hybridized carbons (Fsp3) is 0.458. The molecule has 1 amide bonds. The van der Waals surface area contributed by atoms with Crippen molar-refractivity contribution in [3.8, 4) is 0 Å². The van der Waals surface area contributed by atoms with Crippen LogP contribution in [0.15, 0.2) is 42.5 Å². The molecular weight excluding hydrogens is 392 g/mol. The van der Waals surface area contributed by atoms with Crippen LogP contribution in [0.2, 0.25) is 0 Å². The molecule has 2 heterocycles. The molecule has 1 N–H and O–H groups in total. The molecule has 4 rings (SSSR count). The van der Waals surface area contributed by atoms with Crippen LogP contribution >= 0.6 is 0 Å². The average molecular weight is 423 g/mol. The standard InChI is InChI=1S/C24H30N4O3/c29-24(21-10-11-22(23(16-21)28(30)31)27-14-4-5-15-27)25-17-19-6-8-20(9-7-19)18-26-12-2-1-3-13-26/h6-11,16H,1-5,12-15,17-18H2,(H,25,29). The van der Waals surface area contributed by atoms with Crippen LogP contribution in [0.4, 0.5) is 11.4 Å². The van der Waals surface area contributed by atoms with Gasteiger partial charge in [-0.15, -0.1) is 0 Å². The van der Waals surface area contributed by atoms with Crippen molar-refractivity contribution in [3.63, 3.8) is 0 Å². The van der Waals surface area contributed by atoms with Gasteiger partial charge < -0.3 is 10.2 Å². The number of nitrogens with one attached hydrogen (secondary N) is 1. The molecule has 0 aromatic heterocycles. The molecule has 2 aliphatic rings. The second-order valence-electron chi connectivity index (χ2n) is 8.49. The van der Waals surface area contributed by atoms with Crippen molar-refractivity contribution in [2.24, 2.45) is 0 Å². The Morgan fingerprint density at radius 1 is 0.903 bits per heavy atom. The molecule has 2 aliphatic heterocycles. The minimum Gasteiger partial charge on any atom is -0.366 e. The number of hydrogen-bond acceptors (Lipinski definition) is 5. The maximum Gasteiger partial charge on any atom is 0.293 e. The lowest BCUT2D eigenvalue weighted by Gasteiger charge is -2.26. The van der Waals surface area contributed by atoms with E-state index in [1.54, 1.807) is 12.1 Å². The minimum absolute atomic E-state index is 0.00313. The Morgan fingerprint density at radius 3 is 2.23 bits per heavy atom. The van der Waals surface area contributed by atoms with Crippen LogP contribution in [0.3, 0.4) is 0 Å². The maximum atomic E-state index is 12.6. The lowest BCUT2D eigenvalue weighted by molar-refractivity contribution is -0.384.